The van der Waals surface area contributed by atoms with E-state index in [2.05, 4.69) is 9.97 Å². The van der Waals surface area contributed by atoms with E-state index in [1.165, 1.54) is 0 Å². The van der Waals surface area contributed by atoms with Crippen LogP contribution >= 0.6 is 0 Å². The predicted octanol–water partition coefficient (Wildman–Crippen LogP) is 0.562. The molecule has 0 bridgehead atoms. The van der Waals surface area contributed by atoms with Crippen molar-refractivity contribution in [1.29, 1.82) is 0 Å². The summed E-state index contributed by atoms with van der Waals surface area (Å²) < 4.78 is 3.24. The number of anilines is 1. The summed E-state index contributed by atoms with van der Waals surface area (Å²) in [5.41, 5.74) is 0.632. The van der Waals surface area contributed by atoms with Crippen LogP contribution in [0.5, 0.6) is 0 Å². The zero-order valence-corrected chi connectivity index (χ0v) is 13.5. The molecule has 1 fully saturated rings. The molecule has 0 amide bonds. The first-order valence-electron chi connectivity index (χ1n) is 7.84. The number of rotatable bonds is 3. The van der Waals surface area contributed by atoms with Gasteiger partial charge in [0.2, 0.25) is 0 Å². The molecule has 2 aromatic rings. The van der Waals surface area contributed by atoms with E-state index >= 15 is 0 Å². The van der Waals surface area contributed by atoms with Gasteiger partial charge in [-0.15, -0.1) is 0 Å². The Morgan fingerprint density at radius 3 is 2.70 bits per heavy atom. The van der Waals surface area contributed by atoms with Crippen molar-refractivity contribution < 1.29 is 0 Å². The molecule has 1 aliphatic rings. The first-order valence-corrected chi connectivity index (χ1v) is 7.84. The molecule has 2 aromatic heterocycles. The van der Waals surface area contributed by atoms with E-state index in [0.29, 0.717) is 23.8 Å². The monoisotopic (exact) mass is 315 g/mol. The molecule has 0 saturated carbocycles. The van der Waals surface area contributed by atoms with Gasteiger partial charge >= 0.3 is 0 Å². The van der Waals surface area contributed by atoms with Crippen LogP contribution in [0, 0.1) is 12.8 Å². The molecule has 3 heterocycles. The maximum absolute atomic E-state index is 12.1. The highest BCUT2D eigenvalue weighted by Gasteiger charge is 2.22. The number of nitrogens with zero attached hydrogens (tertiary/aromatic N) is 5. The normalized spacial score (nSPS) is 15.8. The summed E-state index contributed by atoms with van der Waals surface area (Å²) in [7, 11) is 1.73. The van der Waals surface area contributed by atoms with Gasteiger partial charge in [0.15, 0.2) is 5.82 Å². The number of aromatic nitrogens is 4. The summed E-state index contributed by atoms with van der Waals surface area (Å²) in [5.74, 6) is 0.933. The largest absolute Gasteiger partial charge is 0.352 e. The molecule has 1 aliphatic heterocycles. The summed E-state index contributed by atoms with van der Waals surface area (Å²) >= 11 is 0. The summed E-state index contributed by atoms with van der Waals surface area (Å²) in [6, 6.07) is 0. The van der Waals surface area contributed by atoms with Gasteiger partial charge in [-0.05, 0) is 25.7 Å². The van der Waals surface area contributed by atoms with Crippen LogP contribution in [0.4, 0.5) is 5.82 Å². The summed E-state index contributed by atoms with van der Waals surface area (Å²) in [6.07, 6.45) is 8.38. The summed E-state index contributed by atoms with van der Waals surface area (Å²) in [4.78, 5) is 34.6. The zero-order chi connectivity index (χ0) is 16.4. The van der Waals surface area contributed by atoms with Crippen molar-refractivity contribution in [2.45, 2.75) is 26.3 Å². The SMILES string of the molecule is Cc1cncn(CC2CCN(c3nccn(C)c3=O)CC2)c1=O. The molecule has 0 unspecified atom stereocenters. The third kappa shape index (κ3) is 3.18. The maximum atomic E-state index is 12.1. The third-order valence-electron chi connectivity index (χ3n) is 4.44. The summed E-state index contributed by atoms with van der Waals surface area (Å²) in [6.45, 7) is 4.03. The molecule has 0 aliphatic carbocycles. The average Bonchev–Trinajstić information content (AvgIpc) is 2.55. The Hall–Kier alpha value is -2.44. The molecule has 0 atom stereocenters. The van der Waals surface area contributed by atoms with Gasteiger partial charge in [-0.2, -0.15) is 0 Å². The van der Waals surface area contributed by atoms with Gasteiger partial charge in [-0.3, -0.25) is 14.2 Å². The van der Waals surface area contributed by atoms with Gasteiger partial charge in [0.1, 0.15) is 0 Å². The number of hydrogen-bond donors (Lipinski definition) is 0. The minimum Gasteiger partial charge on any atom is -0.352 e. The lowest BCUT2D eigenvalue weighted by molar-refractivity contribution is 0.349. The average molecular weight is 315 g/mol. The topological polar surface area (TPSA) is 73.0 Å². The van der Waals surface area contributed by atoms with Crippen molar-refractivity contribution in [3.8, 4) is 0 Å². The van der Waals surface area contributed by atoms with E-state index in [9.17, 15) is 9.59 Å². The molecule has 1 saturated heterocycles. The molecule has 122 valence electrons. The fourth-order valence-corrected chi connectivity index (χ4v) is 3.00. The van der Waals surface area contributed by atoms with E-state index in [-0.39, 0.29) is 11.1 Å². The molecule has 3 rings (SSSR count). The van der Waals surface area contributed by atoms with Crippen LogP contribution < -0.4 is 16.0 Å². The maximum Gasteiger partial charge on any atom is 0.293 e. The molecular formula is C16H21N5O2. The van der Waals surface area contributed by atoms with Crippen molar-refractivity contribution in [3.05, 3.63) is 51.2 Å². The van der Waals surface area contributed by atoms with Crippen molar-refractivity contribution >= 4 is 5.82 Å². The van der Waals surface area contributed by atoms with Gasteiger partial charge in [0.25, 0.3) is 11.1 Å². The van der Waals surface area contributed by atoms with E-state index in [1.54, 1.807) is 48.0 Å². The predicted molar refractivity (Wildman–Crippen MR) is 87.6 cm³/mol. The van der Waals surface area contributed by atoms with Crippen LogP contribution in [-0.2, 0) is 13.6 Å². The molecule has 0 aromatic carbocycles. The second-order valence-corrected chi connectivity index (χ2v) is 6.13. The van der Waals surface area contributed by atoms with Crippen LogP contribution in [0.25, 0.3) is 0 Å². The molecular weight excluding hydrogens is 294 g/mol. The number of piperidine rings is 1. The van der Waals surface area contributed by atoms with E-state index in [4.69, 9.17) is 0 Å². The van der Waals surface area contributed by atoms with Crippen molar-refractivity contribution in [2.75, 3.05) is 18.0 Å². The Morgan fingerprint density at radius 1 is 1.22 bits per heavy atom. The van der Waals surface area contributed by atoms with E-state index < -0.39 is 0 Å². The molecule has 23 heavy (non-hydrogen) atoms. The lowest BCUT2D eigenvalue weighted by Gasteiger charge is -2.32. The van der Waals surface area contributed by atoms with Crippen molar-refractivity contribution in [1.82, 2.24) is 19.1 Å². The minimum atomic E-state index is -0.0648. The smallest absolute Gasteiger partial charge is 0.293 e. The Balaban J connectivity index is 1.67. The Morgan fingerprint density at radius 2 is 1.96 bits per heavy atom. The Labute approximate surface area is 134 Å². The Kier molecular flexibility index (Phi) is 4.27. The van der Waals surface area contributed by atoms with Crippen LogP contribution in [0.1, 0.15) is 18.4 Å². The van der Waals surface area contributed by atoms with Crippen molar-refractivity contribution in [3.63, 3.8) is 0 Å². The van der Waals surface area contributed by atoms with Crippen LogP contribution in [0.3, 0.4) is 0 Å². The summed E-state index contributed by atoms with van der Waals surface area (Å²) in [5, 5.41) is 0. The van der Waals surface area contributed by atoms with Crippen LogP contribution in [-0.4, -0.2) is 32.2 Å². The quantitative estimate of drug-likeness (QED) is 0.827. The lowest BCUT2D eigenvalue weighted by atomic mass is 9.96. The molecule has 0 radical (unpaired) electrons. The second-order valence-electron chi connectivity index (χ2n) is 6.13. The van der Waals surface area contributed by atoms with Gasteiger partial charge in [-0.1, -0.05) is 0 Å². The number of aryl methyl sites for hydroxylation is 2. The Bertz CT molecular complexity index is 803. The molecule has 0 spiro atoms. The second kappa shape index (κ2) is 6.36. The zero-order valence-electron chi connectivity index (χ0n) is 13.5. The van der Waals surface area contributed by atoms with E-state index in [1.807, 2.05) is 4.90 Å². The first kappa shape index (κ1) is 15.5. The third-order valence-corrected chi connectivity index (χ3v) is 4.44. The fraction of sp³-hybridized carbons (Fsp3) is 0.500. The highest BCUT2D eigenvalue weighted by Crippen LogP contribution is 2.20. The van der Waals surface area contributed by atoms with Crippen LogP contribution in [0.2, 0.25) is 0 Å². The van der Waals surface area contributed by atoms with Gasteiger partial charge in [0, 0.05) is 50.8 Å². The molecule has 0 N–H and O–H groups in total. The first-order chi connectivity index (χ1) is 11.1. The van der Waals surface area contributed by atoms with Gasteiger partial charge in [0.05, 0.1) is 6.33 Å². The van der Waals surface area contributed by atoms with Gasteiger partial charge in [-0.25, -0.2) is 9.97 Å². The lowest BCUT2D eigenvalue weighted by Crippen LogP contribution is -2.40. The highest BCUT2D eigenvalue weighted by molar-refractivity contribution is 5.35. The molecule has 7 heteroatoms. The van der Waals surface area contributed by atoms with Crippen molar-refractivity contribution in [2.24, 2.45) is 13.0 Å². The standard InChI is InChI=1S/C16H21N5O2/c1-12-9-17-11-21(15(12)22)10-13-3-6-20(7-4-13)14-16(23)19(2)8-5-18-14/h5,8-9,11,13H,3-4,6-7,10H2,1-2H3. The molecule has 7 nitrogen and oxygen atoms in total. The van der Waals surface area contributed by atoms with Gasteiger partial charge < -0.3 is 9.47 Å². The highest BCUT2D eigenvalue weighted by atomic mass is 16.1. The van der Waals surface area contributed by atoms with E-state index in [0.717, 1.165) is 25.9 Å². The fourth-order valence-electron chi connectivity index (χ4n) is 3.00. The van der Waals surface area contributed by atoms with Crippen LogP contribution in [0.15, 0.2) is 34.5 Å². The minimum absolute atomic E-state index is 0.0287. The number of hydrogen-bond acceptors (Lipinski definition) is 5.